The van der Waals surface area contributed by atoms with E-state index in [-0.39, 0.29) is 5.82 Å². The Labute approximate surface area is 182 Å². The molecule has 1 nitrogen and oxygen atoms in total. The van der Waals surface area contributed by atoms with Crippen LogP contribution < -0.4 is 0 Å². The third-order valence-electron chi connectivity index (χ3n) is 5.37. The quantitative estimate of drug-likeness (QED) is 0.392. The predicted molar refractivity (Wildman–Crippen MR) is 129 cm³/mol. The molecule has 0 saturated heterocycles. The van der Waals surface area contributed by atoms with Gasteiger partial charge in [0.05, 0.1) is 0 Å². The second-order valence-corrected chi connectivity index (χ2v) is 8.16. The second-order valence-electron chi connectivity index (χ2n) is 8.16. The Morgan fingerprint density at radius 1 is 1.20 bits per heavy atom. The van der Waals surface area contributed by atoms with Crippen molar-refractivity contribution in [3.05, 3.63) is 101 Å². The summed E-state index contributed by atoms with van der Waals surface area (Å²) in [6.45, 7) is 17.0. The van der Waals surface area contributed by atoms with E-state index in [9.17, 15) is 4.39 Å². The Morgan fingerprint density at radius 2 is 1.93 bits per heavy atom. The molecular formula is C28H36FN. The molecule has 160 valence electrons. The van der Waals surface area contributed by atoms with Crippen molar-refractivity contribution in [1.29, 1.82) is 0 Å². The molecule has 2 rings (SSSR count). The molecule has 0 amide bonds. The highest BCUT2D eigenvalue weighted by Crippen LogP contribution is 2.33. The zero-order valence-corrected chi connectivity index (χ0v) is 19.4. The van der Waals surface area contributed by atoms with E-state index in [0.29, 0.717) is 11.5 Å². The lowest BCUT2D eigenvalue weighted by Crippen LogP contribution is -2.21. The zero-order chi connectivity index (χ0) is 22.3. The van der Waals surface area contributed by atoms with Gasteiger partial charge in [-0.1, -0.05) is 71.1 Å². The van der Waals surface area contributed by atoms with Gasteiger partial charge < -0.3 is 4.90 Å². The molecule has 1 aliphatic heterocycles. The lowest BCUT2D eigenvalue weighted by atomic mass is 9.92. The van der Waals surface area contributed by atoms with Crippen molar-refractivity contribution in [1.82, 2.24) is 4.90 Å². The van der Waals surface area contributed by atoms with Gasteiger partial charge in [0.1, 0.15) is 5.82 Å². The number of benzene rings is 1. The van der Waals surface area contributed by atoms with Gasteiger partial charge >= 0.3 is 0 Å². The van der Waals surface area contributed by atoms with E-state index in [1.807, 2.05) is 19.1 Å². The minimum atomic E-state index is -0.168. The maximum atomic E-state index is 13.8. The van der Waals surface area contributed by atoms with Gasteiger partial charge in [-0.05, 0) is 78.7 Å². The fraction of sp³-hybridized carbons (Fsp3) is 0.357. The SMILES string of the molecule is C=C1C=CC(C(/C=C\CC)=C(/C)c2ccc(F)c(C)c2)=CN1/C(=C\CCC)C(C)C. The Hall–Kier alpha value is -2.61. The van der Waals surface area contributed by atoms with Crippen LogP contribution in [-0.4, -0.2) is 4.90 Å². The van der Waals surface area contributed by atoms with E-state index in [0.717, 1.165) is 47.2 Å². The van der Waals surface area contributed by atoms with E-state index in [1.54, 1.807) is 6.07 Å². The van der Waals surface area contributed by atoms with Crippen molar-refractivity contribution in [3.63, 3.8) is 0 Å². The standard InChI is InChI=1S/C28H36FN/c1-8-10-12-26(23(7)24-16-17-27(29)21(5)18-24)25-15-14-22(6)30(19-25)28(20(3)4)13-11-9-2/h10,12-20H,6,8-9,11H2,1-5,7H3/b12-10-,26-23-,28-13-. The fourth-order valence-corrected chi connectivity index (χ4v) is 3.54. The largest absolute Gasteiger partial charge is 0.321 e. The molecule has 0 N–H and O–H groups in total. The summed E-state index contributed by atoms with van der Waals surface area (Å²) in [5, 5.41) is 0. The number of rotatable bonds is 8. The number of aryl methyl sites for hydroxylation is 1. The van der Waals surface area contributed by atoms with E-state index in [1.165, 1.54) is 5.70 Å². The summed E-state index contributed by atoms with van der Waals surface area (Å²) in [4.78, 5) is 2.22. The van der Waals surface area contributed by atoms with Gasteiger partial charge in [-0.2, -0.15) is 0 Å². The molecule has 1 aliphatic rings. The normalized spacial score (nSPS) is 15.9. The number of hydrogen-bond donors (Lipinski definition) is 0. The van der Waals surface area contributed by atoms with Crippen LogP contribution in [0.5, 0.6) is 0 Å². The summed E-state index contributed by atoms with van der Waals surface area (Å²) in [6.07, 6.45) is 16.2. The van der Waals surface area contributed by atoms with Gasteiger partial charge in [0, 0.05) is 17.6 Å². The van der Waals surface area contributed by atoms with Crippen molar-refractivity contribution < 1.29 is 4.39 Å². The lowest BCUT2D eigenvalue weighted by Gasteiger charge is -2.31. The lowest BCUT2D eigenvalue weighted by molar-refractivity contribution is 0.497. The van der Waals surface area contributed by atoms with Crippen LogP contribution in [0, 0.1) is 18.7 Å². The Bertz CT molecular complexity index is 922. The minimum absolute atomic E-state index is 0.168. The summed E-state index contributed by atoms with van der Waals surface area (Å²) < 4.78 is 13.8. The van der Waals surface area contributed by atoms with Crippen LogP contribution in [0.1, 0.15) is 65.0 Å². The molecule has 0 aliphatic carbocycles. The Balaban J connectivity index is 2.60. The average Bonchev–Trinajstić information content (AvgIpc) is 2.72. The molecule has 0 bridgehead atoms. The summed E-state index contributed by atoms with van der Waals surface area (Å²) >= 11 is 0. The van der Waals surface area contributed by atoms with E-state index >= 15 is 0 Å². The first-order valence-electron chi connectivity index (χ1n) is 11.0. The molecule has 30 heavy (non-hydrogen) atoms. The van der Waals surface area contributed by atoms with Crippen LogP contribution >= 0.6 is 0 Å². The fourth-order valence-electron chi connectivity index (χ4n) is 3.54. The van der Waals surface area contributed by atoms with Crippen LogP contribution in [0.25, 0.3) is 5.57 Å². The smallest absolute Gasteiger partial charge is 0.126 e. The monoisotopic (exact) mass is 405 g/mol. The minimum Gasteiger partial charge on any atom is -0.321 e. The van der Waals surface area contributed by atoms with Crippen LogP contribution in [0.15, 0.2) is 83.9 Å². The molecule has 0 spiro atoms. The van der Waals surface area contributed by atoms with E-state index in [2.05, 4.69) is 82.7 Å². The molecular weight excluding hydrogens is 369 g/mol. The van der Waals surface area contributed by atoms with Crippen molar-refractivity contribution in [2.75, 3.05) is 0 Å². The number of unbranched alkanes of at least 4 members (excludes halogenated alkanes) is 1. The molecule has 0 fully saturated rings. The van der Waals surface area contributed by atoms with E-state index < -0.39 is 0 Å². The predicted octanol–water partition coefficient (Wildman–Crippen LogP) is 8.48. The van der Waals surface area contributed by atoms with Crippen LogP contribution in [0.2, 0.25) is 0 Å². The van der Waals surface area contributed by atoms with Gasteiger partial charge in [0.25, 0.3) is 0 Å². The third kappa shape index (κ3) is 5.72. The van der Waals surface area contributed by atoms with Crippen LogP contribution in [-0.2, 0) is 0 Å². The molecule has 0 saturated carbocycles. The number of hydrogen-bond acceptors (Lipinski definition) is 1. The summed E-state index contributed by atoms with van der Waals surface area (Å²) in [5.74, 6) is 0.232. The first-order chi connectivity index (χ1) is 14.3. The maximum absolute atomic E-state index is 13.8. The van der Waals surface area contributed by atoms with Crippen LogP contribution in [0.3, 0.4) is 0 Å². The molecule has 1 heterocycles. The molecule has 1 aromatic carbocycles. The van der Waals surface area contributed by atoms with Gasteiger partial charge in [-0.25, -0.2) is 4.39 Å². The maximum Gasteiger partial charge on any atom is 0.126 e. The highest BCUT2D eigenvalue weighted by atomic mass is 19.1. The molecule has 0 radical (unpaired) electrons. The Morgan fingerprint density at radius 3 is 2.53 bits per heavy atom. The van der Waals surface area contributed by atoms with Gasteiger partial charge in [0.2, 0.25) is 0 Å². The molecule has 0 aromatic heterocycles. The first-order valence-corrected chi connectivity index (χ1v) is 11.0. The highest BCUT2D eigenvalue weighted by Gasteiger charge is 2.18. The van der Waals surface area contributed by atoms with Crippen LogP contribution in [0.4, 0.5) is 4.39 Å². The second kappa shape index (κ2) is 11.0. The van der Waals surface area contributed by atoms with Gasteiger partial charge in [-0.3, -0.25) is 0 Å². The molecule has 2 heteroatoms. The molecule has 0 unspecified atom stereocenters. The molecule has 1 aromatic rings. The summed E-state index contributed by atoms with van der Waals surface area (Å²) in [7, 11) is 0. The van der Waals surface area contributed by atoms with E-state index in [4.69, 9.17) is 0 Å². The van der Waals surface area contributed by atoms with Crippen molar-refractivity contribution in [2.45, 2.75) is 60.8 Å². The van der Waals surface area contributed by atoms with Crippen molar-refractivity contribution >= 4 is 5.57 Å². The van der Waals surface area contributed by atoms with Gasteiger partial charge in [0.15, 0.2) is 0 Å². The highest BCUT2D eigenvalue weighted by molar-refractivity contribution is 5.75. The number of allylic oxidation sites excluding steroid dienone is 9. The third-order valence-corrected chi connectivity index (χ3v) is 5.37. The van der Waals surface area contributed by atoms with Crippen molar-refractivity contribution in [2.24, 2.45) is 5.92 Å². The van der Waals surface area contributed by atoms with Crippen molar-refractivity contribution in [3.8, 4) is 0 Å². The Kier molecular flexibility index (Phi) is 8.65. The summed E-state index contributed by atoms with van der Waals surface area (Å²) in [6, 6.07) is 5.34. The topological polar surface area (TPSA) is 3.24 Å². The van der Waals surface area contributed by atoms with Gasteiger partial charge in [-0.15, -0.1) is 0 Å². The first kappa shape index (κ1) is 23.7. The summed E-state index contributed by atoms with van der Waals surface area (Å²) in [5.41, 5.74) is 7.38. The average molecular weight is 406 g/mol. The number of halogens is 1. The molecule has 0 atom stereocenters. The number of nitrogens with zero attached hydrogens (tertiary/aromatic N) is 1. The zero-order valence-electron chi connectivity index (χ0n) is 19.4.